The van der Waals surface area contributed by atoms with E-state index in [4.69, 9.17) is 0 Å². The monoisotopic (exact) mass is 259 g/mol. The van der Waals surface area contributed by atoms with Crippen LogP contribution in [0.25, 0.3) is 0 Å². The maximum Gasteiger partial charge on any atom is 0.165 e. The molecule has 3 atom stereocenters. The molecule has 1 aromatic rings. The number of ketones is 1. The van der Waals surface area contributed by atoms with E-state index in [-0.39, 0.29) is 5.92 Å². The van der Waals surface area contributed by atoms with Gasteiger partial charge in [0, 0.05) is 31.3 Å². The molecule has 0 spiro atoms. The number of anilines is 1. The Kier molecular flexibility index (Phi) is 4.28. The number of Topliss-reactive ketones (excluding diaryl/α,β-unsaturated/α-hetero) is 1. The Morgan fingerprint density at radius 2 is 1.68 bits per heavy atom. The average Bonchev–Trinajstić information content (AvgIpc) is 2.41. The van der Waals surface area contributed by atoms with Crippen LogP contribution < -0.4 is 4.90 Å². The van der Waals surface area contributed by atoms with Gasteiger partial charge >= 0.3 is 0 Å². The summed E-state index contributed by atoms with van der Waals surface area (Å²) in [4.78, 5) is 14.6. The molecule has 0 saturated heterocycles. The van der Waals surface area contributed by atoms with Crippen LogP contribution in [0.4, 0.5) is 5.69 Å². The van der Waals surface area contributed by atoms with Crippen LogP contribution in [0.2, 0.25) is 0 Å². The lowest BCUT2D eigenvalue weighted by Gasteiger charge is -2.31. The van der Waals surface area contributed by atoms with Gasteiger partial charge in [-0.25, -0.2) is 0 Å². The van der Waals surface area contributed by atoms with Gasteiger partial charge in [-0.1, -0.05) is 13.8 Å². The lowest BCUT2D eigenvalue weighted by Crippen LogP contribution is -2.26. The van der Waals surface area contributed by atoms with Crippen LogP contribution in [0.1, 0.15) is 43.5 Å². The van der Waals surface area contributed by atoms with Gasteiger partial charge in [0.05, 0.1) is 0 Å². The van der Waals surface area contributed by atoms with E-state index in [2.05, 4.69) is 18.7 Å². The molecule has 1 saturated carbocycles. The number of hydrogen-bond donors (Lipinski definition) is 0. The first-order valence-corrected chi connectivity index (χ1v) is 7.30. The molecule has 0 aliphatic heterocycles. The van der Waals surface area contributed by atoms with Gasteiger partial charge in [0.1, 0.15) is 0 Å². The maximum atomic E-state index is 12.5. The highest BCUT2D eigenvalue weighted by molar-refractivity contribution is 5.98. The zero-order valence-corrected chi connectivity index (χ0v) is 12.5. The minimum Gasteiger partial charge on any atom is -0.378 e. The summed E-state index contributed by atoms with van der Waals surface area (Å²) < 4.78 is 0. The summed E-state index contributed by atoms with van der Waals surface area (Å²) in [5, 5.41) is 0. The molecular weight excluding hydrogens is 234 g/mol. The number of rotatable bonds is 3. The van der Waals surface area contributed by atoms with Gasteiger partial charge in [0.2, 0.25) is 0 Å². The number of carbonyl (C=O) groups is 1. The van der Waals surface area contributed by atoms with Gasteiger partial charge in [-0.2, -0.15) is 0 Å². The van der Waals surface area contributed by atoms with Crippen LogP contribution in [0.5, 0.6) is 0 Å². The van der Waals surface area contributed by atoms with Crippen molar-refractivity contribution in [3.8, 4) is 0 Å². The van der Waals surface area contributed by atoms with Crippen molar-refractivity contribution in [3.05, 3.63) is 29.8 Å². The highest BCUT2D eigenvalue weighted by Gasteiger charge is 2.29. The van der Waals surface area contributed by atoms with Gasteiger partial charge in [-0.05, 0) is 55.4 Å². The second-order valence-electron chi connectivity index (χ2n) is 6.27. The van der Waals surface area contributed by atoms with Crippen molar-refractivity contribution in [2.24, 2.45) is 17.8 Å². The minimum absolute atomic E-state index is 0.233. The Morgan fingerprint density at radius 1 is 1.05 bits per heavy atom. The number of nitrogens with zero attached hydrogens (tertiary/aromatic N) is 1. The molecule has 0 amide bonds. The Morgan fingerprint density at radius 3 is 2.21 bits per heavy atom. The molecule has 2 nitrogen and oxygen atoms in total. The van der Waals surface area contributed by atoms with Crippen LogP contribution in [0, 0.1) is 17.8 Å². The molecule has 3 unspecified atom stereocenters. The Bertz CT molecular complexity index is 435. The molecular formula is C17H25NO. The molecule has 0 radical (unpaired) electrons. The first kappa shape index (κ1) is 14.1. The van der Waals surface area contributed by atoms with Crippen molar-refractivity contribution < 1.29 is 4.79 Å². The van der Waals surface area contributed by atoms with Crippen LogP contribution in [-0.4, -0.2) is 19.9 Å². The fourth-order valence-electron chi connectivity index (χ4n) is 2.95. The highest BCUT2D eigenvalue weighted by Crippen LogP contribution is 2.35. The molecule has 0 heterocycles. The summed E-state index contributed by atoms with van der Waals surface area (Å²) in [7, 11) is 4.03. The minimum atomic E-state index is 0.233. The summed E-state index contributed by atoms with van der Waals surface area (Å²) in [6, 6.07) is 8.00. The third-order valence-electron chi connectivity index (χ3n) is 4.64. The predicted octanol–water partition coefficient (Wildman–Crippen LogP) is 4.01. The molecule has 1 aromatic carbocycles. The van der Waals surface area contributed by atoms with Gasteiger partial charge in [-0.3, -0.25) is 4.79 Å². The van der Waals surface area contributed by atoms with E-state index in [0.717, 1.165) is 30.0 Å². The van der Waals surface area contributed by atoms with Crippen molar-refractivity contribution in [2.45, 2.75) is 33.1 Å². The molecule has 2 heteroatoms. The molecule has 0 aromatic heterocycles. The molecule has 2 rings (SSSR count). The number of hydrogen-bond acceptors (Lipinski definition) is 2. The van der Waals surface area contributed by atoms with E-state index in [1.165, 1.54) is 6.42 Å². The molecule has 1 aliphatic rings. The lowest BCUT2D eigenvalue weighted by atomic mass is 9.73. The van der Waals surface area contributed by atoms with Crippen molar-refractivity contribution in [1.29, 1.82) is 0 Å². The smallest absolute Gasteiger partial charge is 0.165 e. The summed E-state index contributed by atoms with van der Waals surface area (Å²) in [6.07, 6.45) is 3.29. The van der Waals surface area contributed by atoms with E-state index < -0.39 is 0 Å². The van der Waals surface area contributed by atoms with Crippen LogP contribution in [-0.2, 0) is 0 Å². The van der Waals surface area contributed by atoms with Gasteiger partial charge < -0.3 is 4.90 Å². The summed E-state index contributed by atoms with van der Waals surface area (Å²) >= 11 is 0. The van der Waals surface area contributed by atoms with Crippen molar-refractivity contribution in [3.63, 3.8) is 0 Å². The molecule has 104 valence electrons. The fourth-order valence-corrected chi connectivity index (χ4v) is 2.95. The third kappa shape index (κ3) is 3.17. The second-order valence-corrected chi connectivity index (χ2v) is 6.27. The van der Waals surface area contributed by atoms with Crippen LogP contribution >= 0.6 is 0 Å². The largest absolute Gasteiger partial charge is 0.378 e. The Labute approximate surface area is 116 Å². The van der Waals surface area contributed by atoms with E-state index in [0.29, 0.717) is 11.7 Å². The zero-order valence-electron chi connectivity index (χ0n) is 12.5. The lowest BCUT2D eigenvalue weighted by molar-refractivity contribution is 0.0837. The first-order chi connectivity index (χ1) is 8.99. The van der Waals surface area contributed by atoms with E-state index in [1.807, 2.05) is 38.4 Å². The topological polar surface area (TPSA) is 20.3 Å². The Balaban J connectivity index is 2.07. The highest BCUT2D eigenvalue weighted by atomic mass is 16.1. The normalized spacial score (nSPS) is 27.1. The van der Waals surface area contributed by atoms with E-state index in [1.54, 1.807) is 0 Å². The summed E-state index contributed by atoms with van der Waals surface area (Å²) in [6.45, 7) is 4.58. The first-order valence-electron chi connectivity index (χ1n) is 7.30. The summed E-state index contributed by atoms with van der Waals surface area (Å²) in [5.41, 5.74) is 2.01. The molecule has 1 aliphatic carbocycles. The van der Waals surface area contributed by atoms with Crippen LogP contribution in [0.3, 0.4) is 0 Å². The van der Waals surface area contributed by atoms with Gasteiger partial charge in [0.15, 0.2) is 5.78 Å². The average molecular weight is 259 g/mol. The standard InChI is InChI=1S/C17H25NO/c1-12-5-6-15(11-13(12)2)17(19)14-7-9-16(10-8-14)18(3)4/h7-10,12-13,15H,5-6,11H2,1-4H3. The van der Waals surface area contributed by atoms with Crippen molar-refractivity contribution >= 4 is 11.5 Å². The molecule has 19 heavy (non-hydrogen) atoms. The van der Waals surface area contributed by atoms with Gasteiger partial charge in [-0.15, -0.1) is 0 Å². The third-order valence-corrected chi connectivity index (χ3v) is 4.64. The van der Waals surface area contributed by atoms with E-state index in [9.17, 15) is 4.79 Å². The molecule has 0 N–H and O–H groups in total. The maximum absolute atomic E-state index is 12.5. The molecule has 1 fully saturated rings. The molecule has 0 bridgehead atoms. The number of benzene rings is 1. The van der Waals surface area contributed by atoms with Gasteiger partial charge in [0.25, 0.3) is 0 Å². The quantitative estimate of drug-likeness (QED) is 0.764. The zero-order chi connectivity index (χ0) is 14.0. The SMILES string of the molecule is CC1CCC(C(=O)c2ccc(N(C)C)cc2)CC1C. The van der Waals surface area contributed by atoms with E-state index >= 15 is 0 Å². The number of carbonyl (C=O) groups excluding carboxylic acids is 1. The van der Waals surface area contributed by atoms with Crippen molar-refractivity contribution in [1.82, 2.24) is 0 Å². The predicted molar refractivity (Wildman–Crippen MR) is 80.8 cm³/mol. The van der Waals surface area contributed by atoms with Crippen molar-refractivity contribution in [2.75, 3.05) is 19.0 Å². The van der Waals surface area contributed by atoms with Crippen LogP contribution in [0.15, 0.2) is 24.3 Å². The fraction of sp³-hybridized carbons (Fsp3) is 0.588. The second kappa shape index (κ2) is 5.77. The Hall–Kier alpha value is -1.31. The summed E-state index contributed by atoms with van der Waals surface area (Å²) in [5.74, 6) is 2.00.